The van der Waals surface area contributed by atoms with Crippen LogP contribution in [0.5, 0.6) is 5.75 Å². The van der Waals surface area contributed by atoms with Gasteiger partial charge in [-0.3, -0.25) is 5.84 Å². The number of halogens is 4. The Balaban J connectivity index is 0.00000169. The highest BCUT2D eigenvalue weighted by atomic mass is 35.5. The molecule has 0 saturated carbocycles. The SMILES string of the molecule is Cl.NNc1ccc(OC(F)(F)Cl)cc1. The molecule has 0 amide bonds. The lowest BCUT2D eigenvalue weighted by Crippen LogP contribution is -2.15. The first-order chi connectivity index (χ1) is 6.01. The van der Waals surface area contributed by atoms with Crippen LogP contribution in [0.3, 0.4) is 0 Å². The Morgan fingerprint density at radius 3 is 2.14 bits per heavy atom. The van der Waals surface area contributed by atoms with Crippen LogP contribution >= 0.6 is 24.0 Å². The molecule has 0 saturated heterocycles. The minimum atomic E-state index is -3.68. The number of anilines is 1. The minimum absolute atomic E-state index is 0. The van der Waals surface area contributed by atoms with Crippen molar-refractivity contribution in [2.24, 2.45) is 5.84 Å². The fourth-order valence-corrected chi connectivity index (χ4v) is 0.842. The lowest BCUT2D eigenvalue weighted by molar-refractivity contribution is -0.0964. The van der Waals surface area contributed by atoms with Crippen LogP contribution in [-0.2, 0) is 0 Å². The normalized spacial score (nSPS) is 10.3. The van der Waals surface area contributed by atoms with Gasteiger partial charge in [-0.2, -0.15) is 0 Å². The first kappa shape index (κ1) is 13.2. The van der Waals surface area contributed by atoms with Gasteiger partial charge in [-0.05, 0) is 24.3 Å². The topological polar surface area (TPSA) is 47.3 Å². The molecule has 0 radical (unpaired) electrons. The van der Waals surface area contributed by atoms with E-state index >= 15 is 0 Å². The van der Waals surface area contributed by atoms with Crippen molar-refractivity contribution < 1.29 is 13.5 Å². The average molecular weight is 245 g/mol. The zero-order valence-corrected chi connectivity index (χ0v) is 8.41. The Bertz CT molecular complexity index is 276. The predicted molar refractivity (Wildman–Crippen MR) is 52.9 cm³/mol. The second kappa shape index (κ2) is 5.19. The fraction of sp³-hybridized carbons (Fsp3) is 0.143. The van der Waals surface area contributed by atoms with E-state index in [0.29, 0.717) is 5.69 Å². The molecule has 0 aliphatic carbocycles. The van der Waals surface area contributed by atoms with E-state index in [0.717, 1.165) is 0 Å². The number of ether oxygens (including phenoxy) is 1. The molecule has 14 heavy (non-hydrogen) atoms. The van der Waals surface area contributed by atoms with Crippen molar-refractivity contribution in [1.29, 1.82) is 0 Å². The molecule has 0 spiro atoms. The van der Waals surface area contributed by atoms with Gasteiger partial charge in [0.25, 0.3) is 0 Å². The number of rotatable bonds is 3. The van der Waals surface area contributed by atoms with Gasteiger partial charge in [0.15, 0.2) is 0 Å². The van der Waals surface area contributed by atoms with E-state index in [1.54, 1.807) is 0 Å². The Morgan fingerprint density at radius 2 is 1.79 bits per heavy atom. The molecule has 0 heterocycles. The highest BCUT2D eigenvalue weighted by Gasteiger charge is 2.27. The lowest BCUT2D eigenvalue weighted by Gasteiger charge is -2.10. The maximum atomic E-state index is 12.1. The molecule has 1 aromatic carbocycles. The summed E-state index contributed by atoms with van der Waals surface area (Å²) in [6, 6.07) is 5.62. The Kier molecular flexibility index (Phi) is 4.90. The number of nitrogens with two attached hydrogens (primary N) is 1. The predicted octanol–water partition coefficient (Wildman–Crippen LogP) is 2.56. The fourth-order valence-electron chi connectivity index (χ4n) is 0.753. The summed E-state index contributed by atoms with van der Waals surface area (Å²) in [5.41, 5.74) is -0.754. The van der Waals surface area contributed by atoms with E-state index < -0.39 is 5.57 Å². The van der Waals surface area contributed by atoms with E-state index in [4.69, 9.17) is 5.84 Å². The first-order valence-corrected chi connectivity index (χ1v) is 3.71. The zero-order valence-electron chi connectivity index (χ0n) is 6.84. The molecule has 0 bridgehead atoms. The number of hydrazine groups is 1. The third-order valence-corrected chi connectivity index (χ3v) is 1.33. The Morgan fingerprint density at radius 1 is 1.29 bits per heavy atom. The summed E-state index contributed by atoms with van der Waals surface area (Å²) in [6.45, 7) is 0. The molecule has 3 nitrogen and oxygen atoms in total. The van der Waals surface area contributed by atoms with Crippen molar-refractivity contribution in [2.45, 2.75) is 5.57 Å². The zero-order chi connectivity index (χ0) is 9.90. The smallest absolute Gasteiger partial charge is 0.420 e. The van der Waals surface area contributed by atoms with Gasteiger partial charge in [-0.15, -0.1) is 21.2 Å². The quantitative estimate of drug-likeness (QED) is 0.488. The summed E-state index contributed by atoms with van der Waals surface area (Å²) >= 11 is 4.55. The van der Waals surface area contributed by atoms with Gasteiger partial charge in [0, 0.05) is 17.3 Å². The second-order valence-corrected chi connectivity index (χ2v) is 2.66. The Labute approximate surface area is 90.6 Å². The number of hydrogen-bond acceptors (Lipinski definition) is 3. The van der Waals surface area contributed by atoms with Crippen LogP contribution in [0.1, 0.15) is 0 Å². The molecule has 3 N–H and O–H groups in total. The molecule has 0 aliphatic heterocycles. The molecule has 0 fully saturated rings. The molecule has 0 unspecified atom stereocenters. The molecule has 80 valence electrons. The summed E-state index contributed by atoms with van der Waals surface area (Å²) in [4.78, 5) is 0. The summed E-state index contributed by atoms with van der Waals surface area (Å²) in [5, 5.41) is 0. The number of alkyl halides is 3. The summed E-state index contributed by atoms with van der Waals surface area (Å²) in [7, 11) is 0. The van der Waals surface area contributed by atoms with E-state index in [1.165, 1.54) is 24.3 Å². The highest BCUT2D eigenvalue weighted by molar-refractivity contribution is 6.20. The van der Waals surface area contributed by atoms with Crippen LogP contribution in [0.2, 0.25) is 0 Å². The largest absolute Gasteiger partial charge is 0.487 e. The van der Waals surface area contributed by atoms with Crippen molar-refractivity contribution in [3.63, 3.8) is 0 Å². The molecular formula is C7H8Cl2F2N2O. The van der Waals surface area contributed by atoms with Crippen LogP contribution in [-0.4, -0.2) is 5.57 Å². The maximum Gasteiger partial charge on any atom is 0.487 e. The van der Waals surface area contributed by atoms with E-state index in [2.05, 4.69) is 21.8 Å². The molecular weight excluding hydrogens is 237 g/mol. The van der Waals surface area contributed by atoms with Gasteiger partial charge in [0.2, 0.25) is 0 Å². The summed E-state index contributed by atoms with van der Waals surface area (Å²) in [6.07, 6.45) is 0. The standard InChI is InChI=1S/C7H7ClF2N2O.ClH/c8-7(9,10)13-6-3-1-5(12-11)2-4-6;/h1-4,12H,11H2;1H. The highest BCUT2D eigenvalue weighted by Crippen LogP contribution is 2.25. The van der Waals surface area contributed by atoms with Gasteiger partial charge < -0.3 is 10.2 Å². The second-order valence-electron chi connectivity index (χ2n) is 2.22. The summed E-state index contributed by atoms with van der Waals surface area (Å²) in [5.74, 6) is 5.03. The molecule has 1 aromatic rings. The van der Waals surface area contributed by atoms with Gasteiger partial charge >= 0.3 is 5.57 Å². The summed E-state index contributed by atoms with van der Waals surface area (Å²) < 4.78 is 28.3. The van der Waals surface area contributed by atoms with Crippen molar-refractivity contribution in [3.05, 3.63) is 24.3 Å². The monoisotopic (exact) mass is 244 g/mol. The number of nitrogen functional groups attached to an aromatic ring is 1. The van der Waals surface area contributed by atoms with E-state index in [9.17, 15) is 8.78 Å². The van der Waals surface area contributed by atoms with Crippen molar-refractivity contribution >= 4 is 29.7 Å². The van der Waals surface area contributed by atoms with Crippen LogP contribution in [0.25, 0.3) is 0 Å². The van der Waals surface area contributed by atoms with Crippen LogP contribution in [0.15, 0.2) is 24.3 Å². The number of nitrogens with one attached hydrogen (secondary N) is 1. The molecule has 0 atom stereocenters. The van der Waals surface area contributed by atoms with Crippen LogP contribution < -0.4 is 16.0 Å². The molecule has 0 aliphatic rings. The number of hydrogen-bond donors (Lipinski definition) is 2. The van der Waals surface area contributed by atoms with Gasteiger partial charge in [0.05, 0.1) is 0 Å². The number of benzene rings is 1. The van der Waals surface area contributed by atoms with E-state index in [-0.39, 0.29) is 18.2 Å². The third kappa shape index (κ3) is 4.45. The average Bonchev–Trinajstić information content (AvgIpc) is 2.03. The van der Waals surface area contributed by atoms with Crippen LogP contribution in [0, 0.1) is 0 Å². The van der Waals surface area contributed by atoms with Crippen molar-refractivity contribution in [1.82, 2.24) is 0 Å². The lowest BCUT2D eigenvalue weighted by atomic mass is 10.3. The van der Waals surface area contributed by atoms with Crippen LogP contribution in [0.4, 0.5) is 14.5 Å². The third-order valence-electron chi connectivity index (χ3n) is 1.25. The molecule has 7 heteroatoms. The Hall–Kier alpha value is -0.780. The van der Waals surface area contributed by atoms with Gasteiger partial charge in [-0.25, -0.2) is 0 Å². The maximum absolute atomic E-state index is 12.1. The van der Waals surface area contributed by atoms with Crippen molar-refractivity contribution in [2.75, 3.05) is 5.43 Å². The van der Waals surface area contributed by atoms with Gasteiger partial charge in [-0.1, -0.05) is 0 Å². The molecule has 1 rings (SSSR count). The van der Waals surface area contributed by atoms with E-state index in [1.807, 2.05) is 0 Å². The first-order valence-electron chi connectivity index (χ1n) is 3.34. The van der Waals surface area contributed by atoms with Gasteiger partial charge in [0.1, 0.15) is 5.75 Å². The van der Waals surface area contributed by atoms with Crippen molar-refractivity contribution in [3.8, 4) is 5.75 Å². The molecule has 0 aromatic heterocycles. The minimum Gasteiger partial charge on any atom is -0.420 e.